The van der Waals surface area contributed by atoms with Gasteiger partial charge >= 0.3 is 11.9 Å². The van der Waals surface area contributed by atoms with Crippen LogP contribution in [0.25, 0.3) is 0 Å². The average molecular weight is 323 g/mol. The fourth-order valence-corrected chi connectivity index (χ4v) is 3.86. The number of methoxy groups -OCH3 is 1. The van der Waals surface area contributed by atoms with Crippen molar-refractivity contribution >= 4 is 34.2 Å². The summed E-state index contributed by atoms with van der Waals surface area (Å²) in [5.74, 6) is -1.74. The second-order valence-electron chi connectivity index (χ2n) is 5.21. The molecule has 0 radical (unpaired) electrons. The summed E-state index contributed by atoms with van der Waals surface area (Å²) in [6, 6.07) is 0. The number of aliphatic carboxylic acids is 1. The number of nitrogens with one attached hydrogen (secondary N) is 1. The highest BCUT2D eigenvalue weighted by Gasteiger charge is 2.28. The highest BCUT2D eigenvalue weighted by atomic mass is 32.1. The lowest BCUT2D eigenvalue weighted by Crippen LogP contribution is -2.15. The molecular weight excluding hydrogens is 306 g/mol. The van der Waals surface area contributed by atoms with Gasteiger partial charge in [-0.3, -0.25) is 4.79 Å². The van der Waals surface area contributed by atoms with Crippen LogP contribution in [0.3, 0.4) is 0 Å². The molecule has 0 spiro atoms. The lowest BCUT2D eigenvalue weighted by molar-refractivity contribution is -0.131. The van der Waals surface area contributed by atoms with E-state index in [2.05, 4.69) is 12.2 Å². The third kappa shape index (κ3) is 3.54. The number of ether oxygens (including phenoxy) is 1. The van der Waals surface area contributed by atoms with Gasteiger partial charge in [-0.15, -0.1) is 11.3 Å². The lowest BCUT2D eigenvalue weighted by atomic mass is 9.88. The zero-order chi connectivity index (χ0) is 16.3. The van der Waals surface area contributed by atoms with E-state index in [1.807, 2.05) is 0 Å². The third-order valence-corrected chi connectivity index (χ3v) is 4.68. The Balaban J connectivity index is 2.32. The summed E-state index contributed by atoms with van der Waals surface area (Å²) >= 11 is 1.36. The molecule has 1 heterocycles. The quantitative estimate of drug-likeness (QED) is 0.655. The maximum Gasteiger partial charge on any atom is 0.341 e. The van der Waals surface area contributed by atoms with Crippen LogP contribution in [0.5, 0.6) is 0 Å². The first kappa shape index (κ1) is 16.2. The Morgan fingerprint density at radius 2 is 2.09 bits per heavy atom. The molecule has 6 nitrogen and oxygen atoms in total. The fourth-order valence-electron chi connectivity index (χ4n) is 2.46. The number of carbonyl (C=O) groups is 3. The summed E-state index contributed by atoms with van der Waals surface area (Å²) < 4.78 is 4.81. The second kappa shape index (κ2) is 6.74. The van der Waals surface area contributed by atoms with Gasteiger partial charge in [0.15, 0.2) is 0 Å². The molecule has 22 heavy (non-hydrogen) atoms. The molecule has 1 aliphatic rings. The Kier molecular flexibility index (Phi) is 4.97. The molecule has 1 aromatic rings. The van der Waals surface area contributed by atoms with Gasteiger partial charge in [0.1, 0.15) is 5.00 Å². The van der Waals surface area contributed by atoms with Gasteiger partial charge < -0.3 is 15.2 Å². The minimum absolute atomic E-state index is 0.395. The van der Waals surface area contributed by atoms with E-state index in [0.29, 0.717) is 16.5 Å². The molecule has 1 aliphatic carbocycles. The van der Waals surface area contributed by atoms with E-state index in [9.17, 15) is 14.4 Å². The standard InChI is InChI=1S/C15H17NO5S/c1-8-3-4-9-10(7-8)22-14(13(9)15(20)21-2)16-11(17)5-6-12(18)19/h5-6,8H,3-4,7H2,1-2H3,(H,16,17)(H,18,19). The summed E-state index contributed by atoms with van der Waals surface area (Å²) in [4.78, 5) is 35.3. The summed E-state index contributed by atoms with van der Waals surface area (Å²) in [5.41, 5.74) is 1.33. The molecule has 1 unspecified atom stereocenters. The molecule has 0 fully saturated rings. The SMILES string of the molecule is COC(=O)c1c(NC(=O)C=CC(=O)O)sc2c1CCC(C)C2. The molecule has 1 atom stereocenters. The average Bonchev–Trinajstić information content (AvgIpc) is 2.81. The van der Waals surface area contributed by atoms with Crippen molar-refractivity contribution in [3.05, 3.63) is 28.2 Å². The van der Waals surface area contributed by atoms with Crippen molar-refractivity contribution in [1.29, 1.82) is 0 Å². The van der Waals surface area contributed by atoms with Crippen LogP contribution >= 0.6 is 11.3 Å². The Labute approximate surface area is 131 Å². The van der Waals surface area contributed by atoms with Gasteiger partial charge in [0, 0.05) is 17.0 Å². The van der Waals surface area contributed by atoms with Crippen LogP contribution in [0.15, 0.2) is 12.2 Å². The van der Waals surface area contributed by atoms with Gasteiger partial charge in [-0.25, -0.2) is 9.59 Å². The van der Waals surface area contributed by atoms with Crippen LogP contribution in [0.1, 0.15) is 34.1 Å². The lowest BCUT2D eigenvalue weighted by Gasteiger charge is -2.18. The maximum absolute atomic E-state index is 12.0. The predicted octanol–water partition coefficient (Wildman–Crippen LogP) is 2.24. The number of hydrogen-bond acceptors (Lipinski definition) is 5. The number of carbonyl (C=O) groups excluding carboxylic acids is 2. The van der Waals surface area contributed by atoms with E-state index in [1.54, 1.807) is 0 Å². The molecule has 0 aromatic carbocycles. The zero-order valence-electron chi connectivity index (χ0n) is 12.3. The third-order valence-electron chi connectivity index (χ3n) is 3.52. The Hall–Kier alpha value is -2.15. The number of thiophene rings is 1. The van der Waals surface area contributed by atoms with E-state index < -0.39 is 17.8 Å². The maximum atomic E-state index is 12.0. The first-order valence-corrected chi connectivity index (χ1v) is 7.68. The second-order valence-corrected chi connectivity index (χ2v) is 6.31. The summed E-state index contributed by atoms with van der Waals surface area (Å²) in [6.07, 6.45) is 4.30. The highest BCUT2D eigenvalue weighted by molar-refractivity contribution is 7.17. The minimum atomic E-state index is -1.21. The molecule has 0 aliphatic heterocycles. The number of anilines is 1. The molecule has 2 N–H and O–H groups in total. The van der Waals surface area contributed by atoms with Crippen LogP contribution in [-0.2, 0) is 27.2 Å². The van der Waals surface area contributed by atoms with Gasteiger partial charge in [0.05, 0.1) is 12.7 Å². The summed E-state index contributed by atoms with van der Waals surface area (Å²) in [6.45, 7) is 2.15. The number of fused-ring (bicyclic) bond motifs is 1. The van der Waals surface area contributed by atoms with E-state index in [0.717, 1.165) is 41.9 Å². The molecule has 1 aromatic heterocycles. The fraction of sp³-hybridized carbons (Fsp3) is 0.400. The largest absolute Gasteiger partial charge is 0.478 e. The van der Waals surface area contributed by atoms with Crippen LogP contribution in [0.4, 0.5) is 5.00 Å². The number of carboxylic acids is 1. The van der Waals surface area contributed by atoms with E-state index in [4.69, 9.17) is 9.84 Å². The summed E-state index contributed by atoms with van der Waals surface area (Å²) in [5, 5.41) is 11.5. The van der Waals surface area contributed by atoms with Crippen LogP contribution in [0.2, 0.25) is 0 Å². The predicted molar refractivity (Wildman–Crippen MR) is 82.3 cm³/mol. The molecule has 2 rings (SSSR count). The first-order chi connectivity index (χ1) is 10.4. The smallest absolute Gasteiger partial charge is 0.341 e. The van der Waals surface area contributed by atoms with Crippen molar-refractivity contribution in [2.75, 3.05) is 12.4 Å². The summed E-state index contributed by atoms with van der Waals surface area (Å²) in [7, 11) is 1.30. The van der Waals surface area contributed by atoms with E-state index in [1.165, 1.54) is 18.4 Å². The Morgan fingerprint density at radius 3 is 2.73 bits per heavy atom. The number of rotatable bonds is 4. The Morgan fingerprint density at radius 1 is 1.36 bits per heavy atom. The van der Waals surface area contributed by atoms with Crippen molar-refractivity contribution in [1.82, 2.24) is 0 Å². The molecular formula is C15H17NO5S. The number of amides is 1. The highest BCUT2D eigenvalue weighted by Crippen LogP contribution is 2.39. The van der Waals surface area contributed by atoms with E-state index >= 15 is 0 Å². The number of hydrogen-bond donors (Lipinski definition) is 2. The van der Waals surface area contributed by atoms with Crippen molar-refractivity contribution in [3.8, 4) is 0 Å². The van der Waals surface area contributed by atoms with Crippen LogP contribution in [0, 0.1) is 5.92 Å². The van der Waals surface area contributed by atoms with Crippen molar-refractivity contribution < 1.29 is 24.2 Å². The minimum Gasteiger partial charge on any atom is -0.478 e. The van der Waals surface area contributed by atoms with Gasteiger partial charge in [0.2, 0.25) is 5.91 Å². The molecule has 0 saturated carbocycles. The number of carboxylic acid groups (broad SMARTS) is 1. The topological polar surface area (TPSA) is 92.7 Å². The molecule has 0 bridgehead atoms. The first-order valence-electron chi connectivity index (χ1n) is 6.87. The molecule has 0 saturated heterocycles. The van der Waals surface area contributed by atoms with Gasteiger partial charge in [-0.2, -0.15) is 0 Å². The van der Waals surface area contributed by atoms with Gasteiger partial charge in [0.25, 0.3) is 0 Å². The number of esters is 1. The van der Waals surface area contributed by atoms with Crippen LogP contribution in [-0.4, -0.2) is 30.1 Å². The van der Waals surface area contributed by atoms with Gasteiger partial charge in [-0.05, 0) is 30.7 Å². The van der Waals surface area contributed by atoms with Crippen molar-refractivity contribution in [2.24, 2.45) is 5.92 Å². The normalized spacial score (nSPS) is 17.1. The molecule has 1 amide bonds. The van der Waals surface area contributed by atoms with Crippen molar-refractivity contribution in [3.63, 3.8) is 0 Å². The van der Waals surface area contributed by atoms with Gasteiger partial charge in [-0.1, -0.05) is 6.92 Å². The monoisotopic (exact) mass is 323 g/mol. The zero-order valence-corrected chi connectivity index (χ0v) is 13.2. The van der Waals surface area contributed by atoms with Crippen molar-refractivity contribution in [2.45, 2.75) is 26.2 Å². The van der Waals surface area contributed by atoms with E-state index in [-0.39, 0.29) is 0 Å². The van der Waals surface area contributed by atoms with Crippen LogP contribution < -0.4 is 5.32 Å². The molecule has 7 heteroatoms. The Bertz CT molecular complexity index is 647. The molecule has 118 valence electrons.